The van der Waals surface area contributed by atoms with Crippen molar-refractivity contribution in [1.82, 2.24) is 25.5 Å². The number of benzene rings is 2. The summed E-state index contributed by atoms with van der Waals surface area (Å²) < 4.78 is 1.47. The Morgan fingerprint density at radius 1 is 1.29 bits per heavy atom. The molecule has 0 aliphatic heterocycles. The van der Waals surface area contributed by atoms with Crippen molar-refractivity contribution in [3.8, 4) is 11.8 Å². The summed E-state index contributed by atoms with van der Waals surface area (Å²) in [5.74, 6) is -0.710. The molecule has 1 heterocycles. The van der Waals surface area contributed by atoms with Crippen LogP contribution in [0.3, 0.4) is 0 Å². The summed E-state index contributed by atoms with van der Waals surface area (Å²) >= 11 is 1.26. The monoisotopic (exact) mass is 396 g/mol. The number of aliphatic hydroxyl groups is 1. The number of thioether (sulfide) groups is 1. The fourth-order valence-corrected chi connectivity index (χ4v) is 3.16. The van der Waals surface area contributed by atoms with E-state index >= 15 is 0 Å². The number of carboxylic acids is 1. The topological polar surface area (TPSA) is 137 Å². The molecule has 0 aliphatic rings. The zero-order valence-electron chi connectivity index (χ0n) is 14.6. The van der Waals surface area contributed by atoms with E-state index in [9.17, 15) is 9.90 Å². The average Bonchev–Trinajstić information content (AvgIpc) is 3.19. The maximum absolute atomic E-state index is 10.9. The number of tetrazole rings is 1. The standard InChI is InChI=1S/C18H16N6O3S/c19-9-12-2-1-3-13(8-12)10-20-16(25)11-28-18-21-22-23-24(18)15-6-4-14(5-7-15)17(26)27/h1-8,16,20,25H,10-11H2,(H,26,27). The molecule has 28 heavy (non-hydrogen) atoms. The van der Waals surface area contributed by atoms with Gasteiger partial charge in [0, 0.05) is 12.3 Å². The van der Waals surface area contributed by atoms with E-state index in [1.165, 1.54) is 28.6 Å². The molecule has 1 unspecified atom stereocenters. The zero-order valence-corrected chi connectivity index (χ0v) is 15.4. The van der Waals surface area contributed by atoms with Gasteiger partial charge in [-0.05, 0) is 52.4 Å². The van der Waals surface area contributed by atoms with Crippen molar-refractivity contribution < 1.29 is 15.0 Å². The Balaban J connectivity index is 1.57. The third-order valence-electron chi connectivity index (χ3n) is 3.77. The molecule has 0 radical (unpaired) electrons. The minimum Gasteiger partial charge on any atom is -0.478 e. The van der Waals surface area contributed by atoms with E-state index in [0.717, 1.165) is 5.56 Å². The molecule has 1 atom stereocenters. The van der Waals surface area contributed by atoms with Crippen LogP contribution in [0.25, 0.3) is 5.69 Å². The molecule has 3 rings (SSSR count). The molecule has 2 aromatic carbocycles. The number of carbonyl (C=O) groups is 1. The number of aliphatic hydroxyl groups excluding tert-OH is 1. The van der Waals surface area contributed by atoms with Crippen LogP contribution in [0.2, 0.25) is 0 Å². The largest absolute Gasteiger partial charge is 0.478 e. The molecular weight excluding hydrogens is 380 g/mol. The molecule has 0 aliphatic carbocycles. The molecule has 3 aromatic rings. The minimum absolute atomic E-state index is 0.172. The van der Waals surface area contributed by atoms with Crippen molar-refractivity contribution in [2.45, 2.75) is 17.9 Å². The normalized spacial score (nSPS) is 11.7. The van der Waals surface area contributed by atoms with Gasteiger partial charge in [-0.25, -0.2) is 4.79 Å². The van der Waals surface area contributed by atoms with E-state index in [2.05, 4.69) is 26.9 Å². The molecule has 142 valence electrons. The second-order valence-electron chi connectivity index (χ2n) is 5.75. The molecule has 0 saturated carbocycles. The number of nitriles is 1. The van der Waals surface area contributed by atoms with Crippen LogP contribution in [0.1, 0.15) is 21.5 Å². The lowest BCUT2D eigenvalue weighted by Gasteiger charge is -2.12. The summed E-state index contributed by atoms with van der Waals surface area (Å²) in [7, 11) is 0. The Labute approximate surface area is 164 Å². The highest BCUT2D eigenvalue weighted by Gasteiger charge is 2.13. The Morgan fingerprint density at radius 2 is 2.07 bits per heavy atom. The van der Waals surface area contributed by atoms with Crippen molar-refractivity contribution in [3.63, 3.8) is 0 Å². The predicted octanol–water partition coefficient (Wildman–Crippen LogP) is 1.43. The van der Waals surface area contributed by atoms with Crippen molar-refractivity contribution in [2.24, 2.45) is 0 Å². The van der Waals surface area contributed by atoms with Crippen LogP contribution >= 0.6 is 11.8 Å². The molecule has 3 N–H and O–H groups in total. The van der Waals surface area contributed by atoms with Gasteiger partial charge in [0.05, 0.1) is 22.9 Å². The van der Waals surface area contributed by atoms with E-state index in [0.29, 0.717) is 28.7 Å². The maximum Gasteiger partial charge on any atom is 0.335 e. The highest BCUT2D eigenvalue weighted by molar-refractivity contribution is 7.99. The highest BCUT2D eigenvalue weighted by atomic mass is 32.2. The van der Waals surface area contributed by atoms with Gasteiger partial charge in [0.1, 0.15) is 6.23 Å². The van der Waals surface area contributed by atoms with Crippen molar-refractivity contribution in [3.05, 3.63) is 65.2 Å². The molecule has 9 nitrogen and oxygen atoms in total. The number of nitrogens with one attached hydrogen (secondary N) is 1. The SMILES string of the molecule is N#Cc1cccc(CNC(O)CSc2nnnn2-c2ccc(C(=O)O)cc2)c1. The van der Waals surface area contributed by atoms with Crippen LogP contribution in [0.15, 0.2) is 53.7 Å². The second-order valence-corrected chi connectivity index (χ2v) is 6.73. The van der Waals surface area contributed by atoms with E-state index in [1.54, 1.807) is 30.3 Å². The summed E-state index contributed by atoms with van der Waals surface area (Å²) in [6, 6.07) is 15.4. The van der Waals surface area contributed by atoms with E-state index < -0.39 is 12.2 Å². The number of rotatable bonds is 8. The van der Waals surface area contributed by atoms with Crippen molar-refractivity contribution in [2.75, 3.05) is 5.75 Å². The Bertz CT molecular complexity index is 999. The van der Waals surface area contributed by atoms with Crippen LogP contribution in [0.4, 0.5) is 0 Å². The number of nitrogens with zero attached hydrogens (tertiary/aromatic N) is 5. The second kappa shape index (κ2) is 9.09. The van der Waals surface area contributed by atoms with Gasteiger partial charge in [-0.1, -0.05) is 23.9 Å². The summed E-state index contributed by atoms with van der Waals surface area (Å²) in [5.41, 5.74) is 2.25. The van der Waals surface area contributed by atoms with Crippen molar-refractivity contribution in [1.29, 1.82) is 5.26 Å². The molecule has 10 heteroatoms. The molecule has 0 spiro atoms. The zero-order chi connectivity index (χ0) is 19.9. The van der Waals surface area contributed by atoms with Crippen LogP contribution in [-0.4, -0.2) is 48.4 Å². The van der Waals surface area contributed by atoms with Gasteiger partial charge in [-0.3, -0.25) is 5.32 Å². The number of hydrogen-bond donors (Lipinski definition) is 3. The molecule has 0 saturated heterocycles. The minimum atomic E-state index is -1.01. The van der Waals surface area contributed by atoms with Crippen LogP contribution in [0, 0.1) is 11.3 Å². The molecule has 0 fully saturated rings. The first-order valence-corrected chi connectivity index (χ1v) is 9.21. The number of aromatic nitrogens is 4. The lowest BCUT2D eigenvalue weighted by Crippen LogP contribution is -2.30. The number of hydrogen-bond acceptors (Lipinski definition) is 8. The Hall–Kier alpha value is -3.26. The Kier molecular flexibility index (Phi) is 6.33. The van der Waals surface area contributed by atoms with E-state index in [-0.39, 0.29) is 5.56 Å². The third-order valence-corrected chi connectivity index (χ3v) is 4.76. The smallest absolute Gasteiger partial charge is 0.335 e. The van der Waals surface area contributed by atoms with Gasteiger partial charge in [0.15, 0.2) is 0 Å². The fourth-order valence-electron chi connectivity index (χ4n) is 2.38. The summed E-state index contributed by atoms with van der Waals surface area (Å²) in [5, 5.41) is 43.0. The van der Waals surface area contributed by atoms with Gasteiger partial charge in [-0.2, -0.15) is 9.94 Å². The molecule has 1 aromatic heterocycles. The lowest BCUT2D eigenvalue weighted by molar-refractivity contribution is 0.0697. The summed E-state index contributed by atoms with van der Waals surface area (Å²) in [6.07, 6.45) is -0.810. The van der Waals surface area contributed by atoms with Crippen LogP contribution in [-0.2, 0) is 6.54 Å². The maximum atomic E-state index is 10.9. The quantitative estimate of drug-likeness (QED) is 0.381. The average molecular weight is 396 g/mol. The van der Waals surface area contributed by atoms with Crippen LogP contribution in [0.5, 0.6) is 0 Å². The van der Waals surface area contributed by atoms with Gasteiger partial charge in [0.2, 0.25) is 5.16 Å². The number of aromatic carboxylic acids is 1. The fraction of sp³-hybridized carbons (Fsp3) is 0.167. The van der Waals surface area contributed by atoms with E-state index in [4.69, 9.17) is 10.4 Å². The third kappa shape index (κ3) is 4.92. The Morgan fingerprint density at radius 3 is 2.79 bits per heavy atom. The first-order chi connectivity index (χ1) is 13.6. The summed E-state index contributed by atoms with van der Waals surface area (Å²) in [6.45, 7) is 0.416. The molecule has 0 amide bonds. The highest BCUT2D eigenvalue weighted by Crippen LogP contribution is 2.19. The van der Waals surface area contributed by atoms with E-state index in [1.807, 2.05) is 6.07 Å². The molecular formula is C18H16N6O3S. The first kappa shape index (κ1) is 19.5. The summed E-state index contributed by atoms with van der Waals surface area (Å²) in [4.78, 5) is 10.9. The van der Waals surface area contributed by atoms with Gasteiger partial charge in [-0.15, -0.1) is 5.10 Å². The predicted molar refractivity (Wildman–Crippen MR) is 101 cm³/mol. The van der Waals surface area contributed by atoms with Gasteiger partial charge in [0.25, 0.3) is 0 Å². The number of carboxylic acid groups (broad SMARTS) is 1. The lowest BCUT2D eigenvalue weighted by atomic mass is 10.1. The van der Waals surface area contributed by atoms with Crippen LogP contribution < -0.4 is 5.32 Å². The first-order valence-electron chi connectivity index (χ1n) is 8.22. The van der Waals surface area contributed by atoms with Gasteiger partial charge >= 0.3 is 5.97 Å². The van der Waals surface area contributed by atoms with Gasteiger partial charge < -0.3 is 10.2 Å². The molecule has 0 bridgehead atoms. The van der Waals surface area contributed by atoms with Crippen molar-refractivity contribution >= 4 is 17.7 Å².